The standard InChI is InChI=1S/C13H16F3NO3/c1-20-8-11-5-3-2-4-10(11)6-17(7-12(18)19)9-13(14,15)16/h2-5H,6-9H2,1H3,(H,18,19). The molecule has 1 rings (SSSR count). The third kappa shape index (κ3) is 6.03. The van der Waals surface area contributed by atoms with Crippen LogP contribution < -0.4 is 0 Å². The van der Waals surface area contributed by atoms with Gasteiger partial charge in [0, 0.05) is 13.7 Å². The predicted molar refractivity (Wildman–Crippen MR) is 66.1 cm³/mol. The number of methoxy groups -OCH3 is 1. The molecule has 1 N–H and O–H groups in total. The van der Waals surface area contributed by atoms with Crippen molar-refractivity contribution in [3.05, 3.63) is 35.4 Å². The highest BCUT2D eigenvalue weighted by molar-refractivity contribution is 5.69. The first-order chi connectivity index (χ1) is 9.31. The van der Waals surface area contributed by atoms with Gasteiger partial charge in [0.15, 0.2) is 0 Å². The molecule has 0 radical (unpaired) electrons. The van der Waals surface area contributed by atoms with Gasteiger partial charge in [-0.05, 0) is 11.1 Å². The third-order valence-electron chi connectivity index (χ3n) is 2.57. The van der Waals surface area contributed by atoms with Gasteiger partial charge in [-0.3, -0.25) is 9.69 Å². The van der Waals surface area contributed by atoms with E-state index in [0.717, 1.165) is 10.5 Å². The first kappa shape index (κ1) is 16.5. The highest BCUT2D eigenvalue weighted by atomic mass is 19.4. The van der Waals surface area contributed by atoms with Gasteiger partial charge in [-0.1, -0.05) is 24.3 Å². The SMILES string of the molecule is COCc1ccccc1CN(CC(=O)O)CC(F)(F)F. The summed E-state index contributed by atoms with van der Waals surface area (Å²) in [6, 6.07) is 6.86. The molecule has 0 atom stereocenters. The second-order valence-corrected chi connectivity index (χ2v) is 4.36. The number of carboxylic acids is 1. The minimum Gasteiger partial charge on any atom is -0.480 e. The molecule has 1 aromatic rings. The smallest absolute Gasteiger partial charge is 0.401 e. The molecule has 4 nitrogen and oxygen atoms in total. The van der Waals surface area contributed by atoms with E-state index in [1.54, 1.807) is 24.3 Å². The second kappa shape index (κ2) is 7.25. The van der Waals surface area contributed by atoms with E-state index in [1.807, 2.05) is 0 Å². The van der Waals surface area contributed by atoms with Gasteiger partial charge >= 0.3 is 12.1 Å². The number of nitrogens with zero attached hydrogens (tertiary/aromatic N) is 1. The Hall–Kier alpha value is -1.60. The van der Waals surface area contributed by atoms with Gasteiger partial charge in [0.2, 0.25) is 0 Å². The van der Waals surface area contributed by atoms with E-state index in [4.69, 9.17) is 9.84 Å². The van der Waals surface area contributed by atoms with Crippen LogP contribution in [0.2, 0.25) is 0 Å². The van der Waals surface area contributed by atoms with Crippen molar-refractivity contribution in [1.29, 1.82) is 0 Å². The number of ether oxygens (including phenoxy) is 1. The van der Waals surface area contributed by atoms with E-state index in [9.17, 15) is 18.0 Å². The summed E-state index contributed by atoms with van der Waals surface area (Å²) in [6.07, 6.45) is -4.44. The number of hydrogen-bond acceptors (Lipinski definition) is 3. The Labute approximate surface area is 114 Å². The van der Waals surface area contributed by atoms with Crippen LogP contribution in [0.3, 0.4) is 0 Å². The minimum atomic E-state index is -4.44. The van der Waals surface area contributed by atoms with Crippen molar-refractivity contribution >= 4 is 5.97 Å². The van der Waals surface area contributed by atoms with Crippen LogP contribution >= 0.6 is 0 Å². The van der Waals surface area contributed by atoms with Gasteiger partial charge in [-0.2, -0.15) is 13.2 Å². The van der Waals surface area contributed by atoms with Crippen LogP contribution in [0.5, 0.6) is 0 Å². The Morgan fingerprint density at radius 1 is 1.30 bits per heavy atom. The highest BCUT2D eigenvalue weighted by Gasteiger charge is 2.31. The number of aliphatic carboxylic acids is 1. The van der Waals surface area contributed by atoms with Crippen molar-refractivity contribution in [3.63, 3.8) is 0 Å². The van der Waals surface area contributed by atoms with Gasteiger partial charge in [-0.25, -0.2) is 0 Å². The molecule has 0 fully saturated rings. The molecule has 0 unspecified atom stereocenters. The number of alkyl halides is 3. The Morgan fingerprint density at radius 3 is 2.40 bits per heavy atom. The summed E-state index contributed by atoms with van der Waals surface area (Å²) in [5.74, 6) is -1.29. The lowest BCUT2D eigenvalue weighted by atomic mass is 10.1. The molecule has 0 aromatic heterocycles. The molecule has 112 valence electrons. The van der Waals surface area contributed by atoms with Gasteiger partial charge in [0.05, 0.1) is 19.7 Å². The number of halogens is 3. The molecular weight excluding hydrogens is 275 g/mol. The maximum absolute atomic E-state index is 12.4. The molecule has 0 aliphatic carbocycles. The summed E-state index contributed by atoms with van der Waals surface area (Å²) in [5.41, 5.74) is 1.37. The molecule has 20 heavy (non-hydrogen) atoms. The average Bonchev–Trinajstić information content (AvgIpc) is 2.28. The fourth-order valence-corrected chi connectivity index (χ4v) is 1.86. The average molecular weight is 291 g/mol. The van der Waals surface area contributed by atoms with Crippen LogP contribution in [0, 0.1) is 0 Å². The van der Waals surface area contributed by atoms with E-state index >= 15 is 0 Å². The summed E-state index contributed by atoms with van der Waals surface area (Å²) >= 11 is 0. The summed E-state index contributed by atoms with van der Waals surface area (Å²) in [7, 11) is 1.49. The molecule has 0 aliphatic rings. The Balaban J connectivity index is 2.85. The van der Waals surface area contributed by atoms with Gasteiger partial charge in [-0.15, -0.1) is 0 Å². The molecule has 1 aromatic carbocycles. The zero-order valence-electron chi connectivity index (χ0n) is 11.0. The zero-order valence-corrected chi connectivity index (χ0v) is 11.0. The summed E-state index contributed by atoms with van der Waals surface area (Å²) in [5, 5.41) is 8.70. The van der Waals surface area contributed by atoms with E-state index in [0.29, 0.717) is 5.56 Å². The van der Waals surface area contributed by atoms with Crippen molar-refractivity contribution in [1.82, 2.24) is 4.90 Å². The van der Waals surface area contributed by atoms with Crippen LogP contribution in [0.4, 0.5) is 13.2 Å². The number of carbonyl (C=O) groups is 1. The Bertz CT molecular complexity index is 449. The molecule has 0 spiro atoms. The van der Waals surface area contributed by atoms with Crippen molar-refractivity contribution in [2.75, 3.05) is 20.2 Å². The lowest BCUT2D eigenvalue weighted by Gasteiger charge is -2.23. The van der Waals surface area contributed by atoms with Crippen molar-refractivity contribution in [2.45, 2.75) is 19.3 Å². The van der Waals surface area contributed by atoms with Crippen LogP contribution in [-0.4, -0.2) is 42.4 Å². The quantitative estimate of drug-likeness (QED) is 0.837. The number of hydrogen-bond donors (Lipinski definition) is 1. The number of carboxylic acid groups (broad SMARTS) is 1. The molecule has 0 saturated carbocycles. The van der Waals surface area contributed by atoms with Crippen molar-refractivity contribution < 1.29 is 27.8 Å². The summed E-state index contributed by atoms with van der Waals surface area (Å²) in [4.78, 5) is 11.5. The third-order valence-corrected chi connectivity index (χ3v) is 2.57. The predicted octanol–water partition coefficient (Wildman–Crippen LogP) is 2.28. The normalized spacial score (nSPS) is 11.8. The number of rotatable bonds is 7. The van der Waals surface area contributed by atoms with Crippen LogP contribution in [0.25, 0.3) is 0 Å². The highest BCUT2D eigenvalue weighted by Crippen LogP contribution is 2.19. The van der Waals surface area contributed by atoms with Gasteiger partial charge < -0.3 is 9.84 Å². The second-order valence-electron chi connectivity index (χ2n) is 4.36. The van der Waals surface area contributed by atoms with E-state index < -0.39 is 25.2 Å². The minimum absolute atomic E-state index is 0.0919. The van der Waals surface area contributed by atoms with Crippen molar-refractivity contribution in [2.24, 2.45) is 0 Å². The Kier molecular flexibility index (Phi) is 5.97. The zero-order chi connectivity index (χ0) is 15.2. The van der Waals surface area contributed by atoms with E-state index in [1.165, 1.54) is 7.11 Å². The molecule has 0 heterocycles. The molecule has 0 aliphatic heterocycles. The van der Waals surface area contributed by atoms with Crippen LogP contribution in [0.15, 0.2) is 24.3 Å². The molecular formula is C13H16F3NO3. The summed E-state index contributed by atoms with van der Waals surface area (Å²) < 4.78 is 42.3. The first-order valence-electron chi connectivity index (χ1n) is 5.88. The molecule has 0 saturated heterocycles. The van der Waals surface area contributed by atoms with Gasteiger partial charge in [0.1, 0.15) is 0 Å². The Morgan fingerprint density at radius 2 is 1.90 bits per heavy atom. The van der Waals surface area contributed by atoms with Crippen LogP contribution in [-0.2, 0) is 22.7 Å². The van der Waals surface area contributed by atoms with E-state index in [-0.39, 0.29) is 13.2 Å². The molecule has 0 bridgehead atoms. The first-order valence-corrected chi connectivity index (χ1v) is 5.88. The maximum atomic E-state index is 12.4. The fourth-order valence-electron chi connectivity index (χ4n) is 1.86. The fraction of sp³-hybridized carbons (Fsp3) is 0.462. The summed E-state index contributed by atoms with van der Waals surface area (Å²) in [6.45, 7) is -1.75. The van der Waals surface area contributed by atoms with Crippen molar-refractivity contribution in [3.8, 4) is 0 Å². The van der Waals surface area contributed by atoms with E-state index in [2.05, 4.69) is 0 Å². The monoisotopic (exact) mass is 291 g/mol. The largest absolute Gasteiger partial charge is 0.480 e. The lowest BCUT2D eigenvalue weighted by molar-refractivity contribution is -0.154. The van der Waals surface area contributed by atoms with Crippen LogP contribution in [0.1, 0.15) is 11.1 Å². The van der Waals surface area contributed by atoms with Gasteiger partial charge in [0.25, 0.3) is 0 Å². The topological polar surface area (TPSA) is 49.8 Å². The molecule has 0 amide bonds. The number of benzene rings is 1. The maximum Gasteiger partial charge on any atom is 0.401 e. The lowest BCUT2D eigenvalue weighted by Crippen LogP contribution is -2.37. The molecule has 7 heteroatoms.